The molecule has 1 heterocycles. The molecule has 0 radical (unpaired) electrons. The monoisotopic (exact) mass is 433 g/mol. The highest BCUT2D eigenvalue weighted by Gasteiger charge is 2.21. The van der Waals surface area contributed by atoms with E-state index in [1.54, 1.807) is 17.0 Å². The van der Waals surface area contributed by atoms with E-state index in [-0.39, 0.29) is 18.1 Å². The number of aromatic nitrogens is 1. The number of aryl methyl sites for hydroxylation is 1. The number of rotatable bonds is 8. The summed E-state index contributed by atoms with van der Waals surface area (Å²) in [7, 11) is 0. The van der Waals surface area contributed by atoms with Gasteiger partial charge in [-0.2, -0.15) is 0 Å². The van der Waals surface area contributed by atoms with Crippen molar-refractivity contribution >= 4 is 44.2 Å². The van der Waals surface area contributed by atoms with Gasteiger partial charge in [-0.15, -0.1) is 0 Å². The van der Waals surface area contributed by atoms with Gasteiger partial charge in [-0.05, 0) is 55.4 Å². The van der Waals surface area contributed by atoms with Crippen molar-refractivity contribution in [3.05, 3.63) is 58.4 Å². The number of hydrogen-bond acceptors (Lipinski definition) is 4. The first-order chi connectivity index (χ1) is 13.9. The van der Waals surface area contributed by atoms with E-state index in [0.29, 0.717) is 16.7 Å². The molecule has 0 aliphatic heterocycles. The van der Waals surface area contributed by atoms with Crippen molar-refractivity contribution in [3.8, 4) is 0 Å². The van der Waals surface area contributed by atoms with Crippen LogP contribution >= 0.6 is 22.9 Å². The van der Waals surface area contributed by atoms with Crippen LogP contribution in [0.1, 0.15) is 25.0 Å². The minimum atomic E-state index is -0.307. The van der Waals surface area contributed by atoms with Crippen LogP contribution in [0.4, 0.5) is 9.52 Å². The number of anilines is 1. The summed E-state index contributed by atoms with van der Waals surface area (Å²) in [6.45, 7) is 9.31. The van der Waals surface area contributed by atoms with E-state index in [1.807, 2.05) is 19.1 Å². The third-order valence-electron chi connectivity index (χ3n) is 5.07. The quantitative estimate of drug-likeness (QED) is 0.482. The molecular formula is C22H25ClFN3OS. The van der Waals surface area contributed by atoms with Crippen LogP contribution in [-0.4, -0.2) is 42.0 Å². The van der Waals surface area contributed by atoms with E-state index in [4.69, 9.17) is 16.6 Å². The predicted octanol–water partition coefficient (Wildman–Crippen LogP) is 5.31. The summed E-state index contributed by atoms with van der Waals surface area (Å²) in [4.78, 5) is 21.9. The topological polar surface area (TPSA) is 36.4 Å². The van der Waals surface area contributed by atoms with E-state index < -0.39 is 0 Å². The largest absolute Gasteiger partial charge is 0.302 e. The first-order valence-electron chi connectivity index (χ1n) is 9.75. The molecule has 0 atom stereocenters. The fourth-order valence-corrected chi connectivity index (χ4v) is 4.41. The fraction of sp³-hybridized carbons (Fsp3) is 0.364. The Kier molecular flexibility index (Phi) is 7.22. The molecule has 0 bridgehead atoms. The summed E-state index contributed by atoms with van der Waals surface area (Å²) >= 11 is 7.74. The molecule has 0 saturated carbocycles. The molecule has 0 N–H and O–H groups in total. The summed E-state index contributed by atoms with van der Waals surface area (Å²) in [6, 6.07) is 9.87. The summed E-state index contributed by atoms with van der Waals surface area (Å²) < 4.78 is 14.2. The van der Waals surface area contributed by atoms with E-state index in [0.717, 1.165) is 41.0 Å². The predicted molar refractivity (Wildman–Crippen MR) is 120 cm³/mol. The first-order valence-corrected chi connectivity index (χ1v) is 10.9. The number of benzene rings is 2. The molecule has 0 aliphatic rings. The zero-order valence-corrected chi connectivity index (χ0v) is 18.5. The molecule has 7 heteroatoms. The van der Waals surface area contributed by atoms with Crippen molar-refractivity contribution in [2.75, 3.05) is 31.1 Å². The first kappa shape index (κ1) is 21.7. The lowest BCUT2D eigenvalue weighted by atomic mass is 10.1. The molecule has 2 aromatic carbocycles. The summed E-state index contributed by atoms with van der Waals surface area (Å²) in [6.07, 6.45) is 0.203. The smallest absolute Gasteiger partial charge is 0.233 e. The number of halogens is 2. The summed E-state index contributed by atoms with van der Waals surface area (Å²) in [5.41, 5.74) is 2.53. The molecular weight excluding hydrogens is 409 g/mol. The molecule has 0 fully saturated rings. The Morgan fingerprint density at radius 1 is 1.10 bits per heavy atom. The lowest BCUT2D eigenvalue weighted by molar-refractivity contribution is -0.118. The Morgan fingerprint density at radius 3 is 2.45 bits per heavy atom. The van der Waals surface area contributed by atoms with Crippen molar-refractivity contribution in [3.63, 3.8) is 0 Å². The number of fused-ring (bicyclic) bond motifs is 1. The molecule has 154 valence electrons. The van der Waals surface area contributed by atoms with Crippen LogP contribution in [0.15, 0.2) is 36.4 Å². The lowest BCUT2D eigenvalue weighted by Crippen LogP contribution is -2.39. The minimum absolute atomic E-state index is 0.0495. The molecule has 4 nitrogen and oxygen atoms in total. The Bertz CT molecular complexity index is 986. The van der Waals surface area contributed by atoms with Gasteiger partial charge in [0.25, 0.3) is 0 Å². The van der Waals surface area contributed by atoms with Crippen molar-refractivity contribution in [1.82, 2.24) is 9.88 Å². The highest BCUT2D eigenvalue weighted by Crippen LogP contribution is 2.33. The average Bonchev–Trinajstić information content (AvgIpc) is 3.14. The molecule has 0 unspecified atom stereocenters. The van der Waals surface area contributed by atoms with Gasteiger partial charge in [-0.3, -0.25) is 9.69 Å². The highest BCUT2D eigenvalue weighted by molar-refractivity contribution is 7.22. The molecule has 3 rings (SSSR count). The second-order valence-electron chi connectivity index (χ2n) is 6.89. The van der Waals surface area contributed by atoms with Gasteiger partial charge < -0.3 is 4.90 Å². The zero-order valence-electron chi connectivity index (χ0n) is 16.9. The van der Waals surface area contributed by atoms with Crippen LogP contribution in [0, 0.1) is 12.7 Å². The number of nitrogens with zero attached hydrogens (tertiary/aromatic N) is 3. The van der Waals surface area contributed by atoms with Gasteiger partial charge in [0.15, 0.2) is 5.13 Å². The van der Waals surface area contributed by atoms with Crippen LogP contribution in [-0.2, 0) is 11.2 Å². The standard InChI is InChI=1S/C22H25ClFN3OS/c1-4-26(5-2)12-13-27(20(28)14-16-6-8-17(24)9-7-16)22-25-21-15(3)18(23)10-11-19(21)29-22/h6-11H,4-5,12-14H2,1-3H3. The SMILES string of the molecule is CCN(CC)CCN(C(=O)Cc1ccc(F)cc1)c1nc2c(C)c(Cl)ccc2s1. The van der Waals surface area contributed by atoms with Gasteiger partial charge >= 0.3 is 0 Å². The van der Waals surface area contributed by atoms with Crippen molar-refractivity contribution in [1.29, 1.82) is 0 Å². The molecule has 0 saturated heterocycles. The van der Waals surface area contributed by atoms with Crippen LogP contribution in [0.25, 0.3) is 10.2 Å². The Labute approximate surface area is 179 Å². The second kappa shape index (κ2) is 9.65. The maximum absolute atomic E-state index is 13.2. The van der Waals surface area contributed by atoms with E-state index in [1.165, 1.54) is 23.5 Å². The third-order valence-corrected chi connectivity index (χ3v) is 6.52. The Morgan fingerprint density at radius 2 is 1.79 bits per heavy atom. The maximum Gasteiger partial charge on any atom is 0.233 e. The number of carbonyl (C=O) groups excluding carboxylic acids is 1. The van der Waals surface area contributed by atoms with Crippen LogP contribution in [0.5, 0.6) is 0 Å². The Balaban J connectivity index is 1.90. The van der Waals surface area contributed by atoms with Gasteiger partial charge in [-0.25, -0.2) is 9.37 Å². The van der Waals surface area contributed by atoms with Crippen molar-refractivity contribution in [2.45, 2.75) is 27.2 Å². The maximum atomic E-state index is 13.2. The highest BCUT2D eigenvalue weighted by atomic mass is 35.5. The molecule has 3 aromatic rings. The third kappa shape index (κ3) is 5.13. The number of thiazole rings is 1. The lowest BCUT2D eigenvalue weighted by Gasteiger charge is -2.24. The summed E-state index contributed by atoms with van der Waals surface area (Å²) in [5, 5.41) is 1.34. The molecule has 0 aliphatic carbocycles. The fourth-order valence-electron chi connectivity index (χ4n) is 3.18. The molecule has 29 heavy (non-hydrogen) atoms. The van der Waals surface area contributed by atoms with Gasteiger partial charge in [0.05, 0.1) is 16.6 Å². The van der Waals surface area contributed by atoms with Gasteiger partial charge in [0, 0.05) is 18.1 Å². The van der Waals surface area contributed by atoms with Gasteiger partial charge in [0.1, 0.15) is 5.82 Å². The van der Waals surface area contributed by atoms with Crippen molar-refractivity contribution < 1.29 is 9.18 Å². The van der Waals surface area contributed by atoms with Crippen LogP contribution in [0.2, 0.25) is 5.02 Å². The number of amides is 1. The molecule has 1 amide bonds. The zero-order chi connectivity index (χ0) is 21.0. The van der Waals surface area contributed by atoms with Crippen LogP contribution in [0.3, 0.4) is 0 Å². The van der Waals surface area contributed by atoms with Gasteiger partial charge in [0.2, 0.25) is 5.91 Å². The Hall–Kier alpha value is -2.02. The normalized spacial score (nSPS) is 11.4. The van der Waals surface area contributed by atoms with Gasteiger partial charge in [-0.1, -0.05) is 48.9 Å². The minimum Gasteiger partial charge on any atom is -0.302 e. The average molecular weight is 434 g/mol. The number of carbonyl (C=O) groups is 1. The van der Waals surface area contributed by atoms with E-state index >= 15 is 0 Å². The van der Waals surface area contributed by atoms with Crippen LogP contribution < -0.4 is 4.90 Å². The summed E-state index contributed by atoms with van der Waals surface area (Å²) in [5.74, 6) is -0.357. The number of hydrogen-bond donors (Lipinski definition) is 0. The van der Waals surface area contributed by atoms with E-state index in [2.05, 4.69) is 18.7 Å². The molecule has 1 aromatic heterocycles. The molecule has 0 spiro atoms. The van der Waals surface area contributed by atoms with E-state index in [9.17, 15) is 9.18 Å². The van der Waals surface area contributed by atoms with Crippen molar-refractivity contribution in [2.24, 2.45) is 0 Å². The number of likely N-dealkylation sites (N-methyl/N-ethyl adjacent to an activating group) is 1. The second-order valence-corrected chi connectivity index (χ2v) is 8.31.